The molecule has 2 rings (SSSR count). The van der Waals surface area contributed by atoms with Crippen LogP contribution in [-0.2, 0) is 12.0 Å². The molecule has 0 N–H and O–H groups in total. The topological polar surface area (TPSA) is 17.8 Å². The number of rotatable bonds is 5. The first-order valence-corrected chi connectivity index (χ1v) is 7.50. The van der Waals surface area contributed by atoms with E-state index in [1.54, 1.807) is 0 Å². The Labute approximate surface area is 116 Å². The van der Waals surface area contributed by atoms with Crippen molar-refractivity contribution in [2.45, 2.75) is 65.3 Å². The molecule has 2 aromatic rings. The van der Waals surface area contributed by atoms with Crippen LogP contribution in [-0.4, -0.2) is 9.55 Å². The molecule has 0 aliphatic rings. The van der Waals surface area contributed by atoms with E-state index in [4.69, 9.17) is 4.98 Å². The lowest BCUT2D eigenvalue weighted by molar-refractivity contribution is 0.488. The second-order valence-corrected chi connectivity index (χ2v) is 6.39. The fourth-order valence-electron chi connectivity index (χ4n) is 2.57. The summed E-state index contributed by atoms with van der Waals surface area (Å²) in [5.74, 6) is 1.21. The van der Waals surface area contributed by atoms with Gasteiger partial charge in [0.25, 0.3) is 0 Å². The van der Waals surface area contributed by atoms with Crippen molar-refractivity contribution in [3.63, 3.8) is 0 Å². The molecule has 0 amide bonds. The van der Waals surface area contributed by atoms with Crippen LogP contribution >= 0.6 is 0 Å². The van der Waals surface area contributed by atoms with Gasteiger partial charge in [0, 0.05) is 12.0 Å². The molecular weight excluding hydrogens is 232 g/mol. The van der Waals surface area contributed by atoms with Gasteiger partial charge in [-0.25, -0.2) is 4.98 Å². The highest BCUT2D eigenvalue weighted by molar-refractivity contribution is 5.76. The maximum atomic E-state index is 4.85. The van der Waals surface area contributed by atoms with Crippen LogP contribution < -0.4 is 0 Å². The van der Waals surface area contributed by atoms with E-state index in [2.05, 4.69) is 56.5 Å². The van der Waals surface area contributed by atoms with Crippen LogP contribution in [0.25, 0.3) is 11.0 Å². The summed E-state index contributed by atoms with van der Waals surface area (Å²) >= 11 is 0. The molecule has 104 valence electrons. The van der Waals surface area contributed by atoms with Crippen LogP contribution in [0.1, 0.15) is 59.2 Å². The van der Waals surface area contributed by atoms with E-state index in [1.165, 1.54) is 37.0 Å². The lowest BCUT2D eigenvalue weighted by Gasteiger charge is -2.20. The molecular formula is C17H26N2. The van der Waals surface area contributed by atoms with Gasteiger partial charge in [-0.1, -0.05) is 59.1 Å². The summed E-state index contributed by atoms with van der Waals surface area (Å²) in [6, 6.07) is 8.49. The van der Waals surface area contributed by atoms with Crippen LogP contribution in [0.15, 0.2) is 24.3 Å². The van der Waals surface area contributed by atoms with Gasteiger partial charge in [-0.2, -0.15) is 0 Å². The number of imidazole rings is 1. The maximum Gasteiger partial charge on any atom is 0.115 e. The highest BCUT2D eigenvalue weighted by Gasteiger charge is 2.22. The Bertz CT molecular complexity index is 532. The monoisotopic (exact) mass is 258 g/mol. The standard InChI is InChI=1S/C17H26N2/c1-5-6-7-10-13-19-15-12-9-8-11-14(15)18-16(19)17(2,3)4/h8-9,11-12H,5-7,10,13H2,1-4H3. The van der Waals surface area contributed by atoms with Gasteiger partial charge >= 0.3 is 0 Å². The zero-order valence-electron chi connectivity index (χ0n) is 12.7. The Hall–Kier alpha value is -1.31. The Morgan fingerprint density at radius 1 is 1.05 bits per heavy atom. The van der Waals surface area contributed by atoms with E-state index in [0.717, 1.165) is 12.1 Å². The third-order valence-electron chi connectivity index (χ3n) is 3.56. The number of aromatic nitrogens is 2. The number of para-hydroxylation sites is 2. The molecule has 0 saturated carbocycles. The Kier molecular flexibility index (Phi) is 4.28. The number of aryl methyl sites for hydroxylation is 1. The SMILES string of the molecule is CCCCCCn1c(C(C)(C)C)nc2ccccc21. The summed E-state index contributed by atoms with van der Waals surface area (Å²) in [7, 11) is 0. The van der Waals surface area contributed by atoms with Crippen LogP contribution in [0.5, 0.6) is 0 Å². The molecule has 0 unspecified atom stereocenters. The minimum Gasteiger partial charge on any atom is -0.328 e. The van der Waals surface area contributed by atoms with Gasteiger partial charge in [0.05, 0.1) is 11.0 Å². The largest absolute Gasteiger partial charge is 0.328 e. The fourth-order valence-corrected chi connectivity index (χ4v) is 2.57. The predicted octanol–water partition coefficient (Wildman–Crippen LogP) is 4.91. The maximum absolute atomic E-state index is 4.85. The van der Waals surface area contributed by atoms with Gasteiger partial charge in [-0.05, 0) is 18.6 Å². The molecule has 0 aliphatic heterocycles. The summed E-state index contributed by atoms with van der Waals surface area (Å²) in [4.78, 5) is 4.85. The Balaban J connectivity index is 2.32. The minimum absolute atomic E-state index is 0.101. The summed E-state index contributed by atoms with van der Waals surface area (Å²) < 4.78 is 2.42. The van der Waals surface area contributed by atoms with Crippen LogP contribution in [0.3, 0.4) is 0 Å². The van der Waals surface area contributed by atoms with Gasteiger partial charge < -0.3 is 4.57 Å². The number of hydrogen-bond donors (Lipinski definition) is 0. The molecule has 19 heavy (non-hydrogen) atoms. The second-order valence-electron chi connectivity index (χ2n) is 6.39. The van der Waals surface area contributed by atoms with Crippen molar-refractivity contribution in [3.8, 4) is 0 Å². The average Bonchev–Trinajstić information content (AvgIpc) is 2.74. The quantitative estimate of drug-likeness (QED) is 0.696. The van der Waals surface area contributed by atoms with Crippen molar-refractivity contribution >= 4 is 11.0 Å². The van der Waals surface area contributed by atoms with E-state index in [0.29, 0.717) is 0 Å². The second kappa shape index (κ2) is 5.77. The third kappa shape index (κ3) is 3.17. The third-order valence-corrected chi connectivity index (χ3v) is 3.56. The molecule has 2 heteroatoms. The van der Waals surface area contributed by atoms with E-state index in [1.807, 2.05) is 0 Å². The number of fused-ring (bicyclic) bond motifs is 1. The van der Waals surface area contributed by atoms with Crippen LogP contribution in [0, 0.1) is 0 Å². The van der Waals surface area contributed by atoms with Crippen molar-refractivity contribution in [3.05, 3.63) is 30.1 Å². The molecule has 0 bridgehead atoms. The Morgan fingerprint density at radius 3 is 2.47 bits per heavy atom. The van der Waals surface area contributed by atoms with Gasteiger partial charge in [0.15, 0.2) is 0 Å². The first-order valence-electron chi connectivity index (χ1n) is 7.50. The highest BCUT2D eigenvalue weighted by atomic mass is 15.1. The van der Waals surface area contributed by atoms with E-state index in [-0.39, 0.29) is 5.41 Å². The molecule has 1 aromatic heterocycles. The van der Waals surface area contributed by atoms with Crippen molar-refractivity contribution in [2.75, 3.05) is 0 Å². The lowest BCUT2D eigenvalue weighted by Crippen LogP contribution is -2.19. The van der Waals surface area contributed by atoms with Crippen molar-refractivity contribution < 1.29 is 0 Å². The van der Waals surface area contributed by atoms with Gasteiger partial charge in [0.1, 0.15) is 5.82 Å². The van der Waals surface area contributed by atoms with Crippen molar-refractivity contribution in [1.82, 2.24) is 9.55 Å². The average molecular weight is 258 g/mol. The molecule has 0 spiro atoms. The first-order chi connectivity index (χ1) is 9.04. The van der Waals surface area contributed by atoms with Crippen LogP contribution in [0.2, 0.25) is 0 Å². The van der Waals surface area contributed by atoms with Crippen LogP contribution in [0.4, 0.5) is 0 Å². The highest BCUT2D eigenvalue weighted by Crippen LogP contribution is 2.26. The van der Waals surface area contributed by atoms with E-state index >= 15 is 0 Å². The molecule has 2 nitrogen and oxygen atoms in total. The number of nitrogens with zero attached hydrogens (tertiary/aromatic N) is 2. The van der Waals surface area contributed by atoms with E-state index in [9.17, 15) is 0 Å². The van der Waals surface area contributed by atoms with Gasteiger partial charge in [0.2, 0.25) is 0 Å². The molecule has 0 aliphatic carbocycles. The lowest BCUT2D eigenvalue weighted by atomic mass is 9.95. The molecule has 0 saturated heterocycles. The van der Waals surface area contributed by atoms with Crippen molar-refractivity contribution in [1.29, 1.82) is 0 Å². The fraction of sp³-hybridized carbons (Fsp3) is 0.588. The zero-order chi connectivity index (χ0) is 13.9. The molecule has 0 atom stereocenters. The number of unbranched alkanes of at least 4 members (excludes halogenated alkanes) is 3. The molecule has 0 radical (unpaired) electrons. The predicted molar refractivity (Wildman–Crippen MR) is 82.6 cm³/mol. The van der Waals surface area contributed by atoms with Gasteiger partial charge in [-0.3, -0.25) is 0 Å². The Morgan fingerprint density at radius 2 is 1.79 bits per heavy atom. The molecule has 0 fully saturated rings. The molecule has 1 heterocycles. The number of benzene rings is 1. The first kappa shape index (κ1) is 14.1. The van der Waals surface area contributed by atoms with Crippen molar-refractivity contribution in [2.24, 2.45) is 0 Å². The number of hydrogen-bond acceptors (Lipinski definition) is 1. The zero-order valence-corrected chi connectivity index (χ0v) is 12.7. The summed E-state index contributed by atoms with van der Waals surface area (Å²) in [5.41, 5.74) is 2.51. The summed E-state index contributed by atoms with van der Waals surface area (Å²) in [6.07, 6.45) is 5.18. The summed E-state index contributed by atoms with van der Waals surface area (Å²) in [5, 5.41) is 0. The van der Waals surface area contributed by atoms with E-state index < -0.39 is 0 Å². The smallest absolute Gasteiger partial charge is 0.115 e. The minimum atomic E-state index is 0.101. The summed E-state index contributed by atoms with van der Waals surface area (Å²) in [6.45, 7) is 10.1. The molecule has 1 aromatic carbocycles. The van der Waals surface area contributed by atoms with Gasteiger partial charge in [-0.15, -0.1) is 0 Å². The normalized spacial score (nSPS) is 12.2.